The second kappa shape index (κ2) is 6.56. The number of carbonyl (C=O) groups excluding carboxylic acids is 2. The highest BCUT2D eigenvalue weighted by atomic mass is 32.1. The minimum absolute atomic E-state index is 0.0336. The van der Waals surface area contributed by atoms with Gasteiger partial charge >= 0.3 is 5.97 Å². The lowest BCUT2D eigenvalue weighted by molar-refractivity contribution is -0.384. The van der Waals surface area contributed by atoms with Gasteiger partial charge in [0.15, 0.2) is 6.61 Å². The van der Waals surface area contributed by atoms with Gasteiger partial charge in [-0.1, -0.05) is 0 Å². The smallest absolute Gasteiger partial charge is 0.348 e. The molecule has 1 saturated carbocycles. The molecule has 0 radical (unpaired) electrons. The van der Waals surface area contributed by atoms with Crippen LogP contribution < -0.4 is 5.32 Å². The first kappa shape index (κ1) is 16.4. The van der Waals surface area contributed by atoms with Gasteiger partial charge in [-0.25, -0.2) is 4.79 Å². The molecule has 1 aliphatic carbocycles. The topological polar surface area (TPSA) is 98.5 Å². The van der Waals surface area contributed by atoms with Gasteiger partial charge in [0, 0.05) is 28.3 Å². The molecule has 1 atom stereocenters. The molecule has 1 fully saturated rings. The zero-order valence-corrected chi connectivity index (χ0v) is 13.8. The Morgan fingerprint density at radius 2 is 2.17 bits per heavy atom. The van der Waals surface area contributed by atoms with Gasteiger partial charge in [-0.05, 0) is 37.8 Å². The van der Waals surface area contributed by atoms with Crippen LogP contribution in [0.15, 0.2) is 24.3 Å². The van der Waals surface area contributed by atoms with Crippen molar-refractivity contribution in [3.05, 3.63) is 39.3 Å². The molecule has 2 aromatic rings. The Hall–Kier alpha value is -2.48. The van der Waals surface area contributed by atoms with Crippen LogP contribution in [0.5, 0.6) is 0 Å². The number of nitro benzene ring substituents is 1. The Kier molecular flexibility index (Phi) is 4.48. The van der Waals surface area contributed by atoms with Crippen molar-refractivity contribution in [2.24, 2.45) is 5.92 Å². The number of hydrogen-bond donors (Lipinski definition) is 1. The molecule has 0 bridgehead atoms. The number of thiophene rings is 1. The summed E-state index contributed by atoms with van der Waals surface area (Å²) in [5.41, 5.74) is -0.0336. The van der Waals surface area contributed by atoms with Gasteiger partial charge in [0.05, 0.1) is 4.92 Å². The number of ether oxygens (including phenoxy) is 1. The van der Waals surface area contributed by atoms with Crippen LogP contribution in [0.1, 0.15) is 29.4 Å². The van der Waals surface area contributed by atoms with E-state index in [1.54, 1.807) is 12.1 Å². The normalized spacial score (nSPS) is 15.0. The molecule has 7 nitrogen and oxygen atoms in total. The summed E-state index contributed by atoms with van der Waals surface area (Å²) in [6.07, 6.45) is 2.24. The van der Waals surface area contributed by atoms with Gasteiger partial charge in [-0.3, -0.25) is 14.9 Å². The molecule has 1 aromatic carbocycles. The number of rotatable bonds is 6. The van der Waals surface area contributed by atoms with E-state index in [9.17, 15) is 19.7 Å². The van der Waals surface area contributed by atoms with Crippen LogP contribution in [0.3, 0.4) is 0 Å². The molecule has 24 heavy (non-hydrogen) atoms. The van der Waals surface area contributed by atoms with Gasteiger partial charge in [0.2, 0.25) is 0 Å². The molecule has 1 amide bonds. The van der Waals surface area contributed by atoms with Crippen molar-refractivity contribution < 1.29 is 19.2 Å². The molecule has 1 aromatic heterocycles. The Morgan fingerprint density at radius 3 is 2.83 bits per heavy atom. The molecule has 1 aliphatic rings. The average Bonchev–Trinajstić information content (AvgIpc) is 3.31. The molecule has 3 rings (SSSR count). The van der Waals surface area contributed by atoms with E-state index in [4.69, 9.17) is 4.74 Å². The minimum atomic E-state index is -0.604. The number of benzene rings is 1. The molecule has 1 N–H and O–H groups in total. The Bertz CT molecular complexity index is 812. The molecule has 126 valence electrons. The van der Waals surface area contributed by atoms with Crippen molar-refractivity contribution in [3.63, 3.8) is 0 Å². The van der Waals surface area contributed by atoms with Crippen molar-refractivity contribution in [3.8, 4) is 0 Å². The molecule has 0 unspecified atom stereocenters. The minimum Gasteiger partial charge on any atom is -0.451 e. The van der Waals surface area contributed by atoms with Crippen molar-refractivity contribution in [1.29, 1.82) is 0 Å². The van der Waals surface area contributed by atoms with Crippen LogP contribution in [-0.2, 0) is 9.53 Å². The van der Waals surface area contributed by atoms with Crippen LogP contribution in [-0.4, -0.2) is 29.4 Å². The fourth-order valence-corrected chi connectivity index (χ4v) is 3.39. The average molecular weight is 348 g/mol. The number of esters is 1. The van der Waals surface area contributed by atoms with Gasteiger partial charge in [-0.2, -0.15) is 0 Å². The third-order valence-corrected chi connectivity index (χ3v) is 5.06. The van der Waals surface area contributed by atoms with Crippen LogP contribution >= 0.6 is 11.3 Å². The zero-order valence-electron chi connectivity index (χ0n) is 13.0. The summed E-state index contributed by atoms with van der Waals surface area (Å²) < 4.78 is 5.77. The van der Waals surface area contributed by atoms with Gasteiger partial charge in [0.25, 0.3) is 11.6 Å². The van der Waals surface area contributed by atoms with Gasteiger partial charge in [0.1, 0.15) is 4.88 Å². The maximum Gasteiger partial charge on any atom is 0.348 e. The molecule has 0 aliphatic heterocycles. The van der Waals surface area contributed by atoms with E-state index in [0.29, 0.717) is 16.2 Å². The Labute approximate surface area is 141 Å². The van der Waals surface area contributed by atoms with E-state index >= 15 is 0 Å². The van der Waals surface area contributed by atoms with Crippen molar-refractivity contribution in [2.75, 3.05) is 6.61 Å². The van der Waals surface area contributed by atoms with Gasteiger partial charge in [-0.15, -0.1) is 11.3 Å². The molecular formula is C16H16N2O5S. The first-order valence-corrected chi connectivity index (χ1v) is 8.40. The molecular weight excluding hydrogens is 332 g/mol. The maximum absolute atomic E-state index is 12.0. The lowest BCUT2D eigenvalue weighted by Crippen LogP contribution is -2.37. The number of carbonyl (C=O) groups is 2. The molecule has 1 heterocycles. The van der Waals surface area contributed by atoms with Crippen molar-refractivity contribution in [1.82, 2.24) is 5.32 Å². The van der Waals surface area contributed by atoms with E-state index in [-0.39, 0.29) is 24.2 Å². The van der Waals surface area contributed by atoms with E-state index in [0.717, 1.165) is 17.5 Å². The highest BCUT2D eigenvalue weighted by Gasteiger charge is 2.29. The largest absolute Gasteiger partial charge is 0.451 e. The summed E-state index contributed by atoms with van der Waals surface area (Å²) in [4.78, 5) is 34.4. The number of nitro groups is 1. The maximum atomic E-state index is 12.0. The lowest BCUT2D eigenvalue weighted by atomic mass is 10.2. The van der Waals surface area contributed by atoms with Crippen LogP contribution in [0.25, 0.3) is 10.1 Å². The summed E-state index contributed by atoms with van der Waals surface area (Å²) in [5, 5.41) is 14.2. The number of nitrogens with one attached hydrogen (secondary N) is 1. The predicted molar refractivity (Wildman–Crippen MR) is 89.1 cm³/mol. The highest BCUT2D eigenvalue weighted by molar-refractivity contribution is 7.20. The number of nitrogens with zero attached hydrogens (tertiary/aromatic N) is 1. The summed E-state index contributed by atoms with van der Waals surface area (Å²) in [6, 6.07) is 6.04. The fraction of sp³-hybridized carbons (Fsp3) is 0.375. The van der Waals surface area contributed by atoms with E-state index in [2.05, 4.69) is 5.32 Å². The SMILES string of the molecule is C[C@@H](NC(=O)COC(=O)c1cc2cc([N+](=O)[O-])ccc2s1)C1CC1. The van der Waals surface area contributed by atoms with Crippen LogP contribution in [0, 0.1) is 16.0 Å². The summed E-state index contributed by atoms with van der Waals surface area (Å²) in [6.45, 7) is 1.61. The molecule has 0 saturated heterocycles. The predicted octanol–water partition coefficient (Wildman–Crippen LogP) is 2.88. The number of non-ortho nitro benzene ring substituents is 1. The fourth-order valence-electron chi connectivity index (χ4n) is 2.46. The van der Waals surface area contributed by atoms with Crippen molar-refractivity contribution >= 4 is 39.0 Å². The van der Waals surface area contributed by atoms with Gasteiger partial charge < -0.3 is 10.1 Å². The summed E-state index contributed by atoms with van der Waals surface area (Å²) in [5.74, 6) is -0.393. The van der Waals surface area contributed by atoms with Crippen LogP contribution in [0.2, 0.25) is 0 Å². The zero-order chi connectivity index (χ0) is 17.3. The van der Waals surface area contributed by atoms with E-state index in [1.807, 2.05) is 6.92 Å². The quantitative estimate of drug-likeness (QED) is 0.492. The Balaban J connectivity index is 1.61. The number of fused-ring (bicyclic) bond motifs is 1. The standard InChI is InChI=1S/C16H16N2O5S/c1-9(10-2-3-10)17-15(19)8-23-16(20)14-7-11-6-12(18(21)22)4-5-13(11)24-14/h4-7,9-10H,2-3,8H2,1H3,(H,17,19)/t9-/m1/s1. The second-order valence-corrected chi connectivity index (χ2v) is 6.94. The summed E-state index contributed by atoms with van der Waals surface area (Å²) in [7, 11) is 0. The third kappa shape index (κ3) is 3.70. The number of hydrogen-bond acceptors (Lipinski definition) is 6. The first-order valence-electron chi connectivity index (χ1n) is 7.58. The summed E-state index contributed by atoms with van der Waals surface area (Å²) >= 11 is 1.18. The monoisotopic (exact) mass is 348 g/mol. The first-order chi connectivity index (χ1) is 11.4. The van der Waals surface area contributed by atoms with Crippen molar-refractivity contribution in [2.45, 2.75) is 25.8 Å². The molecule has 8 heteroatoms. The highest BCUT2D eigenvalue weighted by Crippen LogP contribution is 2.32. The van der Waals surface area contributed by atoms with E-state index in [1.165, 1.54) is 23.5 Å². The lowest BCUT2D eigenvalue weighted by Gasteiger charge is -2.12. The van der Waals surface area contributed by atoms with Crippen LogP contribution in [0.4, 0.5) is 5.69 Å². The Morgan fingerprint density at radius 1 is 1.42 bits per heavy atom. The third-order valence-electron chi connectivity index (χ3n) is 3.96. The number of amides is 1. The van der Waals surface area contributed by atoms with E-state index < -0.39 is 10.9 Å². The molecule has 0 spiro atoms. The second-order valence-electron chi connectivity index (χ2n) is 5.86.